The zero-order valence-electron chi connectivity index (χ0n) is 14.7. The number of methoxy groups -OCH3 is 1. The summed E-state index contributed by atoms with van der Waals surface area (Å²) < 4.78 is 5.19. The highest BCUT2D eigenvalue weighted by atomic mass is 16.5. The normalized spacial score (nSPS) is 19.7. The Morgan fingerprint density at radius 2 is 1.85 bits per heavy atom. The second kappa shape index (κ2) is 6.82. The lowest BCUT2D eigenvalue weighted by atomic mass is 9.87. The summed E-state index contributed by atoms with van der Waals surface area (Å²) in [6.45, 7) is 1.75. The van der Waals surface area contributed by atoms with Gasteiger partial charge in [-0.15, -0.1) is 0 Å². The molecule has 2 N–H and O–H groups in total. The molecule has 2 aliphatic heterocycles. The third kappa shape index (κ3) is 3.05. The van der Waals surface area contributed by atoms with Crippen molar-refractivity contribution in [3.63, 3.8) is 0 Å². The average molecular weight is 354 g/mol. The molecule has 0 saturated carbocycles. The molecule has 0 radical (unpaired) electrons. The number of benzene rings is 1. The van der Waals surface area contributed by atoms with Gasteiger partial charge in [-0.25, -0.2) is 0 Å². The van der Waals surface area contributed by atoms with Gasteiger partial charge in [0.15, 0.2) is 0 Å². The Hall–Kier alpha value is -2.83. The number of amides is 1. The van der Waals surface area contributed by atoms with E-state index in [0.717, 1.165) is 37.2 Å². The first kappa shape index (κ1) is 16.6. The summed E-state index contributed by atoms with van der Waals surface area (Å²) in [5, 5.41) is 2.78. The SMILES string of the molecule is COc1ccc(C2CC(=O)Nc3nc(N4CCCCC4)[nH]c(=O)c32)cc1. The van der Waals surface area contributed by atoms with Gasteiger partial charge in [-0.1, -0.05) is 12.1 Å². The molecule has 7 nitrogen and oxygen atoms in total. The first-order valence-electron chi connectivity index (χ1n) is 8.98. The fourth-order valence-corrected chi connectivity index (χ4v) is 3.74. The van der Waals surface area contributed by atoms with Gasteiger partial charge in [0.05, 0.1) is 12.7 Å². The number of nitrogens with zero attached hydrogens (tertiary/aromatic N) is 2. The van der Waals surface area contributed by atoms with E-state index < -0.39 is 0 Å². The minimum atomic E-state index is -0.309. The lowest BCUT2D eigenvalue weighted by molar-refractivity contribution is -0.116. The number of carbonyl (C=O) groups is 1. The summed E-state index contributed by atoms with van der Waals surface area (Å²) in [6.07, 6.45) is 3.60. The average Bonchev–Trinajstić information content (AvgIpc) is 2.67. The number of H-pyrrole nitrogens is 1. The third-order valence-electron chi connectivity index (χ3n) is 5.11. The number of aromatic nitrogens is 2. The standard InChI is InChI=1S/C19H22N4O3/c1-26-13-7-5-12(6-8-13)14-11-15(24)20-17-16(14)18(25)22-19(21-17)23-9-3-2-4-10-23/h5-8,14H,2-4,9-11H2,1H3,(H2,20,21,22,24,25). The van der Waals surface area contributed by atoms with E-state index in [1.807, 2.05) is 24.3 Å². The van der Waals surface area contributed by atoms with Crippen molar-refractivity contribution in [3.05, 3.63) is 45.7 Å². The van der Waals surface area contributed by atoms with E-state index >= 15 is 0 Å². The smallest absolute Gasteiger partial charge is 0.258 e. The molecule has 0 aliphatic carbocycles. The van der Waals surface area contributed by atoms with Gasteiger partial charge in [-0.05, 0) is 37.0 Å². The summed E-state index contributed by atoms with van der Waals surface area (Å²) in [5.41, 5.74) is 1.24. The van der Waals surface area contributed by atoms with Gasteiger partial charge in [0.2, 0.25) is 11.9 Å². The molecule has 1 unspecified atom stereocenters. The number of piperidine rings is 1. The van der Waals surface area contributed by atoms with Crippen molar-refractivity contribution in [2.75, 3.05) is 30.4 Å². The minimum absolute atomic E-state index is 0.124. The van der Waals surface area contributed by atoms with Gasteiger partial charge in [0, 0.05) is 25.4 Å². The van der Waals surface area contributed by atoms with Crippen molar-refractivity contribution in [1.82, 2.24) is 9.97 Å². The van der Waals surface area contributed by atoms with E-state index in [2.05, 4.69) is 20.2 Å². The van der Waals surface area contributed by atoms with Gasteiger partial charge in [0.1, 0.15) is 11.6 Å². The molecule has 26 heavy (non-hydrogen) atoms. The van der Waals surface area contributed by atoms with Crippen molar-refractivity contribution in [2.45, 2.75) is 31.6 Å². The Labute approximate surface area is 151 Å². The zero-order valence-corrected chi connectivity index (χ0v) is 14.7. The molecule has 1 saturated heterocycles. The molecule has 2 aromatic rings. The molecule has 1 aromatic heterocycles. The lowest BCUT2D eigenvalue weighted by Crippen LogP contribution is -2.36. The third-order valence-corrected chi connectivity index (χ3v) is 5.11. The molecule has 7 heteroatoms. The molecule has 0 spiro atoms. The van der Waals surface area contributed by atoms with Crippen LogP contribution in [0.1, 0.15) is 42.7 Å². The number of ether oxygens (including phenoxy) is 1. The molecule has 3 heterocycles. The number of rotatable bonds is 3. The number of carbonyl (C=O) groups excluding carboxylic acids is 1. The van der Waals surface area contributed by atoms with E-state index in [1.165, 1.54) is 6.42 Å². The second-order valence-electron chi connectivity index (χ2n) is 6.78. The summed E-state index contributed by atoms with van der Waals surface area (Å²) in [7, 11) is 1.61. The fraction of sp³-hybridized carbons (Fsp3) is 0.421. The van der Waals surface area contributed by atoms with Crippen LogP contribution in [0.4, 0.5) is 11.8 Å². The van der Waals surface area contributed by atoms with E-state index in [1.54, 1.807) is 7.11 Å². The highest BCUT2D eigenvalue weighted by Crippen LogP contribution is 2.35. The maximum absolute atomic E-state index is 12.8. The molecule has 1 atom stereocenters. The number of aromatic amines is 1. The van der Waals surface area contributed by atoms with Crippen LogP contribution in [0.2, 0.25) is 0 Å². The molecule has 1 aromatic carbocycles. The van der Waals surface area contributed by atoms with E-state index in [9.17, 15) is 9.59 Å². The highest BCUT2D eigenvalue weighted by Gasteiger charge is 2.31. The van der Waals surface area contributed by atoms with Crippen LogP contribution in [0.15, 0.2) is 29.1 Å². The van der Waals surface area contributed by atoms with Crippen LogP contribution in [0.5, 0.6) is 5.75 Å². The Morgan fingerprint density at radius 1 is 1.12 bits per heavy atom. The lowest BCUT2D eigenvalue weighted by Gasteiger charge is -2.29. The summed E-state index contributed by atoms with van der Waals surface area (Å²) >= 11 is 0. The van der Waals surface area contributed by atoms with Gasteiger partial charge in [-0.3, -0.25) is 14.6 Å². The van der Waals surface area contributed by atoms with Crippen molar-refractivity contribution in [2.24, 2.45) is 0 Å². The Kier molecular flexibility index (Phi) is 4.36. The van der Waals surface area contributed by atoms with Crippen molar-refractivity contribution in [1.29, 1.82) is 0 Å². The van der Waals surface area contributed by atoms with Gasteiger partial charge in [-0.2, -0.15) is 4.98 Å². The van der Waals surface area contributed by atoms with Crippen LogP contribution in [0.25, 0.3) is 0 Å². The number of hydrogen-bond acceptors (Lipinski definition) is 5. The van der Waals surface area contributed by atoms with Crippen LogP contribution < -0.4 is 20.5 Å². The maximum Gasteiger partial charge on any atom is 0.258 e. The van der Waals surface area contributed by atoms with E-state index in [-0.39, 0.29) is 23.8 Å². The molecular formula is C19H22N4O3. The van der Waals surface area contributed by atoms with E-state index in [0.29, 0.717) is 17.3 Å². The monoisotopic (exact) mass is 354 g/mol. The molecule has 1 amide bonds. The predicted molar refractivity (Wildman–Crippen MR) is 99.0 cm³/mol. The highest BCUT2D eigenvalue weighted by molar-refractivity contribution is 5.94. The predicted octanol–water partition coefficient (Wildman–Crippen LogP) is 2.24. The molecule has 0 bridgehead atoms. The van der Waals surface area contributed by atoms with Crippen LogP contribution in [-0.2, 0) is 4.79 Å². The van der Waals surface area contributed by atoms with Crippen LogP contribution >= 0.6 is 0 Å². The number of nitrogens with one attached hydrogen (secondary N) is 2. The maximum atomic E-state index is 12.8. The zero-order chi connectivity index (χ0) is 18.1. The number of anilines is 2. The Morgan fingerprint density at radius 3 is 2.54 bits per heavy atom. The largest absolute Gasteiger partial charge is 0.497 e. The van der Waals surface area contributed by atoms with E-state index in [4.69, 9.17) is 4.74 Å². The van der Waals surface area contributed by atoms with Gasteiger partial charge >= 0.3 is 0 Å². The summed E-state index contributed by atoms with van der Waals surface area (Å²) in [4.78, 5) is 34.6. The van der Waals surface area contributed by atoms with Crippen LogP contribution in [-0.4, -0.2) is 36.1 Å². The second-order valence-corrected chi connectivity index (χ2v) is 6.78. The molecular weight excluding hydrogens is 332 g/mol. The molecule has 136 valence electrons. The summed E-state index contributed by atoms with van der Waals surface area (Å²) in [5.74, 6) is 1.23. The molecule has 2 aliphatic rings. The minimum Gasteiger partial charge on any atom is -0.497 e. The number of hydrogen-bond donors (Lipinski definition) is 2. The van der Waals surface area contributed by atoms with Crippen LogP contribution in [0.3, 0.4) is 0 Å². The van der Waals surface area contributed by atoms with Crippen LogP contribution in [0, 0.1) is 0 Å². The van der Waals surface area contributed by atoms with Gasteiger partial charge in [0.25, 0.3) is 5.56 Å². The fourth-order valence-electron chi connectivity index (χ4n) is 3.74. The summed E-state index contributed by atoms with van der Waals surface area (Å²) in [6, 6.07) is 7.46. The number of fused-ring (bicyclic) bond motifs is 1. The Bertz CT molecular complexity index is 869. The topological polar surface area (TPSA) is 87.3 Å². The first-order valence-corrected chi connectivity index (χ1v) is 8.98. The molecule has 1 fully saturated rings. The first-order chi connectivity index (χ1) is 12.7. The molecule has 4 rings (SSSR count). The van der Waals surface area contributed by atoms with Crippen molar-refractivity contribution < 1.29 is 9.53 Å². The van der Waals surface area contributed by atoms with Crippen molar-refractivity contribution in [3.8, 4) is 5.75 Å². The quantitative estimate of drug-likeness (QED) is 0.883. The Balaban J connectivity index is 1.74. The van der Waals surface area contributed by atoms with Gasteiger partial charge < -0.3 is 15.0 Å². The van der Waals surface area contributed by atoms with Crippen molar-refractivity contribution >= 4 is 17.7 Å².